The quantitative estimate of drug-likeness (QED) is 0.253. The molecule has 0 aliphatic heterocycles. The minimum atomic E-state index is -1.72. The van der Waals surface area contributed by atoms with Gasteiger partial charge in [0.2, 0.25) is 0 Å². The highest BCUT2D eigenvalue weighted by Crippen LogP contribution is 2.47. The van der Waals surface area contributed by atoms with Gasteiger partial charge in [0.15, 0.2) is 11.6 Å². The molecule has 0 amide bonds. The summed E-state index contributed by atoms with van der Waals surface area (Å²) in [5, 5.41) is 0. The third-order valence-electron chi connectivity index (χ3n) is 5.65. The molecule has 0 saturated carbocycles. The number of fused-ring (bicyclic) bond motifs is 2. The van der Waals surface area contributed by atoms with Gasteiger partial charge in [0.1, 0.15) is 0 Å². The van der Waals surface area contributed by atoms with Crippen LogP contribution in [0.3, 0.4) is 0 Å². The fraction of sp³-hybridized carbons (Fsp3) is 0.500. The molecule has 0 bridgehead atoms. The van der Waals surface area contributed by atoms with E-state index in [1.54, 1.807) is 22.7 Å². The summed E-state index contributed by atoms with van der Waals surface area (Å²) in [4.78, 5) is 27.9. The summed E-state index contributed by atoms with van der Waals surface area (Å²) in [6.07, 6.45) is 0. The zero-order valence-corrected chi connectivity index (χ0v) is 27.7. The maximum Gasteiger partial charge on any atom is 0.643 e. The highest BCUT2D eigenvalue weighted by atomic mass is 80.9. The number of halogens is 6. The molecule has 4 rings (SSSR count). The SMILES string of the molecule is BrBr.Cc1cc2c(s1)C(=O)C(C)C2C.Cc1sc2c(c1Br)C(C)C(C)C2=O.[Cl][Al]([Cl])[Cl]. The molecule has 2 aromatic heterocycles. The molecular weight excluding hydrogens is 709 g/mol. The Labute approximate surface area is 233 Å². The van der Waals surface area contributed by atoms with Gasteiger partial charge in [-0.2, -0.15) is 0 Å². The minimum Gasteiger partial charge on any atom is -0.293 e. The van der Waals surface area contributed by atoms with E-state index in [4.69, 9.17) is 30.1 Å². The number of hydrogen-bond donors (Lipinski definition) is 0. The Kier molecular flexibility index (Phi) is 13.4. The lowest BCUT2D eigenvalue weighted by Gasteiger charge is -2.08. The first-order valence-electron chi connectivity index (χ1n) is 9.42. The van der Waals surface area contributed by atoms with E-state index in [9.17, 15) is 9.59 Å². The molecule has 4 unspecified atom stereocenters. The van der Waals surface area contributed by atoms with Crippen molar-refractivity contribution in [2.45, 2.75) is 53.4 Å². The Morgan fingerprint density at radius 3 is 1.74 bits per heavy atom. The number of thiophene rings is 2. The van der Waals surface area contributed by atoms with E-state index >= 15 is 0 Å². The lowest BCUT2D eigenvalue weighted by molar-refractivity contribution is 0.0932. The molecule has 0 radical (unpaired) electrons. The van der Waals surface area contributed by atoms with Gasteiger partial charge >= 0.3 is 11.4 Å². The molecule has 2 heterocycles. The second kappa shape index (κ2) is 13.6. The maximum absolute atomic E-state index is 11.8. The molecule has 2 nitrogen and oxygen atoms in total. The second-order valence-corrected chi connectivity index (χ2v) is 17.2. The number of carbonyl (C=O) groups excluding carboxylic acids is 2. The Morgan fingerprint density at radius 1 is 0.839 bits per heavy atom. The van der Waals surface area contributed by atoms with Gasteiger partial charge in [0.05, 0.1) is 9.75 Å². The Balaban J connectivity index is 0.000000249. The third-order valence-corrected chi connectivity index (χ3v) is 9.15. The first kappa shape index (κ1) is 30.6. The van der Waals surface area contributed by atoms with Crippen molar-refractivity contribution in [2.24, 2.45) is 11.8 Å². The van der Waals surface area contributed by atoms with Crippen LogP contribution in [0.1, 0.15) is 79.8 Å². The zero-order chi connectivity index (χ0) is 24.2. The van der Waals surface area contributed by atoms with E-state index in [2.05, 4.69) is 77.9 Å². The van der Waals surface area contributed by atoms with Crippen molar-refractivity contribution >= 4 is 120 Å². The molecular formula is C20H23AlBr3Cl3O2S2. The normalized spacial score (nSPS) is 23.0. The summed E-state index contributed by atoms with van der Waals surface area (Å²) >= 11 is 10.6. The molecule has 0 aromatic carbocycles. The number of hydrogen-bond acceptors (Lipinski definition) is 4. The highest BCUT2D eigenvalue weighted by molar-refractivity contribution is 9.93. The summed E-state index contributed by atoms with van der Waals surface area (Å²) in [5.74, 6) is 1.83. The number of Topliss-reactive ketones (excluding diaryl/α,β-unsaturated/α-hetero) is 2. The Hall–Kier alpha value is 1.58. The van der Waals surface area contributed by atoms with Gasteiger partial charge in [0, 0.05) is 54.3 Å². The Bertz CT molecular complexity index is 930. The van der Waals surface area contributed by atoms with Gasteiger partial charge in [-0.05, 0) is 58.8 Å². The van der Waals surface area contributed by atoms with Crippen LogP contribution in [0.2, 0.25) is 0 Å². The van der Waals surface area contributed by atoms with E-state index < -0.39 is 11.4 Å². The topological polar surface area (TPSA) is 34.1 Å². The van der Waals surface area contributed by atoms with Crippen LogP contribution in [0.5, 0.6) is 0 Å². The van der Waals surface area contributed by atoms with Crippen LogP contribution in [0.15, 0.2) is 10.5 Å². The molecule has 2 aromatic rings. The van der Waals surface area contributed by atoms with E-state index in [1.165, 1.54) is 20.9 Å². The molecule has 4 atom stereocenters. The van der Waals surface area contributed by atoms with Crippen molar-refractivity contribution in [3.05, 3.63) is 41.2 Å². The lowest BCUT2D eigenvalue weighted by Crippen LogP contribution is -2.06. The summed E-state index contributed by atoms with van der Waals surface area (Å²) in [6.45, 7) is 12.4. The van der Waals surface area contributed by atoms with E-state index in [-0.39, 0.29) is 11.8 Å². The standard InChI is InChI=1S/C10H11BrOS.C10H12OS.Al.Br2.3ClH/c1-4-5(2)9(12)10-7(4)8(11)6(3)13-10;1-5-4-8-6(2)7(3)9(11)10(8)12-5;;1-2;;;/h4-5H,1-3H3;4,6-7H,1-3H3;;;3*1H/q;;+3;;;;/p-3. The Morgan fingerprint density at radius 2 is 1.29 bits per heavy atom. The smallest absolute Gasteiger partial charge is 0.293 e. The lowest BCUT2D eigenvalue weighted by atomic mass is 9.96. The van der Waals surface area contributed by atoms with E-state index in [1.807, 2.05) is 13.8 Å². The summed E-state index contributed by atoms with van der Waals surface area (Å²) < 4.78 is 1.15. The van der Waals surface area contributed by atoms with Gasteiger partial charge in [-0.25, -0.2) is 30.1 Å². The first-order valence-corrected chi connectivity index (χ1v) is 20.8. The molecule has 31 heavy (non-hydrogen) atoms. The molecule has 0 N–H and O–H groups in total. The van der Waals surface area contributed by atoms with E-state index in [0.717, 1.165) is 14.2 Å². The van der Waals surface area contributed by atoms with Gasteiger partial charge < -0.3 is 0 Å². The summed E-state index contributed by atoms with van der Waals surface area (Å²) in [7, 11) is 14.8. The third kappa shape index (κ3) is 7.29. The van der Waals surface area contributed by atoms with Crippen LogP contribution in [0, 0.1) is 25.7 Å². The predicted octanol–water partition coefficient (Wildman–Crippen LogP) is 10.1. The zero-order valence-electron chi connectivity index (χ0n) is 17.9. The van der Waals surface area contributed by atoms with Crippen LogP contribution >= 0.6 is 97.0 Å². The van der Waals surface area contributed by atoms with Crippen molar-refractivity contribution in [1.82, 2.24) is 0 Å². The number of aryl methyl sites for hydroxylation is 2. The largest absolute Gasteiger partial charge is 0.643 e. The van der Waals surface area contributed by atoms with Crippen LogP contribution in [0.25, 0.3) is 0 Å². The number of carbonyl (C=O) groups is 2. The molecule has 2 aliphatic carbocycles. The fourth-order valence-electron chi connectivity index (χ4n) is 3.58. The number of rotatable bonds is 0. The average Bonchev–Trinajstić information content (AvgIpc) is 3.36. The first-order chi connectivity index (χ1) is 14.4. The van der Waals surface area contributed by atoms with Crippen molar-refractivity contribution in [2.75, 3.05) is 0 Å². The van der Waals surface area contributed by atoms with Crippen LogP contribution in [0.4, 0.5) is 0 Å². The number of ketones is 2. The summed E-state index contributed by atoms with van der Waals surface area (Å²) in [5.41, 5.74) is 2.51. The van der Waals surface area contributed by atoms with Crippen LogP contribution < -0.4 is 0 Å². The average molecular weight is 733 g/mol. The fourth-order valence-corrected chi connectivity index (χ4v) is 6.86. The molecule has 0 spiro atoms. The molecule has 0 fully saturated rings. The molecule has 172 valence electrons. The van der Waals surface area contributed by atoms with Gasteiger partial charge in [0.25, 0.3) is 0 Å². The van der Waals surface area contributed by atoms with Gasteiger partial charge in [-0.3, -0.25) is 9.59 Å². The highest BCUT2D eigenvalue weighted by Gasteiger charge is 2.38. The minimum absolute atomic E-state index is 0.165. The van der Waals surface area contributed by atoms with Gasteiger partial charge in [-0.1, -0.05) is 27.7 Å². The molecule has 2 aliphatic rings. The molecule has 11 heteroatoms. The van der Waals surface area contributed by atoms with Crippen molar-refractivity contribution in [3.8, 4) is 0 Å². The second-order valence-electron chi connectivity index (χ2n) is 7.49. The monoisotopic (exact) mass is 728 g/mol. The van der Waals surface area contributed by atoms with Crippen LogP contribution in [-0.4, -0.2) is 23.0 Å². The van der Waals surface area contributed by atoms with Crippen LogP contribution in [-0.2, 0) is 0 Å². The maximum atomic E-state index is 11.8. The van der Waals surface area contributed by atoms with Crippen molar-refractivity contribution in [1.29, 1.82) is 0 Å². The van der Waals surface area contributed by atoms with Gasteiger partial charge in [-0.15, -0.1) is 22.7 Å². The molecule has 0 saturated heterocycles. The predicted molar refractivity (Wildman–Crippen MR) is 151 cm³/mol. The summed E-state index contributed by atoms with van der Waals surface area (Å²) in [6, 6.07) is 2.16. The van der Waals surface area contributed by atoms with Crippen molar-refractivity contribution < 1.29 is 9.59 Å². The van der Waals surface area contributed by atoms with E-state index in [0.29, 0.717) is 23.4 Å². The van der Waals surface area contributed by atoms with Crippen molar-refractivity contribution in [3.63, 3.8) is 0 Å².